The monoisotopic (exact) mass is 289 g/mol. The second-order valence-corrected chi connectivity index (χ2v) is 4.42. The highest BCUT2D eigenvalue weighted by molar-refractivity contribution is 6.04. The number of anilines is 2. The third-order valence-corrected chi connectivity index (χ3v) is 2.70. The molecular formula is C15H16FN3O2. The molecule has 2 rings (SSSR count). The third kappa shape index (κ3) is 3.92. The summed E-state index contributed by atoms with van der Waals surface area (Å²) in [5.41, 5.74) is 6.61. The molecule has 0 aliphatic carbocycles. The molecule has 1 aromatic carbocycles. The Bertz CT molecular complexity index is 629. The van der Waals surface area contributed by atoms with Crippen molar-refractivity contribution in [1.29, 1.82) is 0 Å². The minimum absolute atomic E-state index is 0.270. The second-order valence-electron chi connectivity index (χ2n) is 4.42. The fourth-order valence-corrected chi connectivity index (χ4v) is 1.67. The van der Waals surface area contributed by atoms with Gasteiger partial charge in [0.1, 0.15) is 17.4 Å². The summed E-state index contributed by atoms with van der Waals surface area (Å²) in [5, 5.41) is 2.56. The minimum atomic E-state index is -0.463. The maximum Gasteiger partial charge on any atom is 0.256 e. The molecule has 3 N–H and O–H groups in total. The van der Waals surface area contributed by atoms with Gasteiger partial charge in [-0.05, 0) is 36.8 Å². The zero-order valence-electron chi connectivity index (χ0n) is 11.6. The number of nitrogens with zero attached hydrogens (tertiary/aromatic N) is 1. The molecule has 1 aromatic heterocycles. The Morgan fingerprint density at radius 2 is 2.19 bits per heavy atom. The molecular weight excluding hydrogens is 273 g/mol. The van der Waals surface area contributed by atoms with E-state index in [0.717, 1.165) is 12.6 Å². The third-order valence-electron chi connectivity index (χ3n) is 2.70. The van der Waals surface area contributed by atoms with Crippen molar-refractivity contribution in [3.63, 3.8) is 0 Å². The highest BCUT2D eigenvalue weighted by Gasteiger charge is 2.10. The number of halogens is 1. The number of aromatic nitrogens is 1. The van der Waals surface area contributed by atoms with Crippen LogP contribution in [-0.2, 0) is 0 Å². The Balaban J connectivity index is 2.08. The number of amides is 1. The van der Waals surface area contributed by atoms with Crippen molar-refractivity contribution in [1.82, 2.24) is 4.98 Å². The number of ether oxygens (including phenoxy) is 1. The summed E-state index contributed by atoms with van der Waals surface area (Å²) in [6.45, 7) is 2.56. The van der Waals surface area contributed by atoms with E-state index in [4.69, 9.17) is 10.5 Å². The summed E-state index contributed by atoms with van der Waals surface area (Å²) < 4.78 is 18.2. The maximum absolute atomic E-state index is 12.7. The van der Waals surface area contributed by atoms with Gasteiger partial charge in [0.25, 0.3) is 5.91 Å². The van der Waals surface area contributed by atoms with Crippen molar-refractivity contribution in [2.75, 3.05) is 17.7 Å². The van der Waals surface area contributed by atoms with Gasteiger partial charge in [0, 0.05) is 5.56 Å². The van der Waals surface area contributed by atoms with Gasteiger partial charge >= 0.3 is 0 Å². The van der Waals surface area contributed by atoms with Crippen LogP contribution in [-0.4, -0.2) is 17.5 Å². The Kier molecular flexibility index (Phi) is 4.71. The van der Waals surface area contributed by atoms with E-state index in [1.54, 1.807) is 12.1 Å². The fourth-order valence-electron chi connectivity index (χ4n) is 1.67. The molecule has 0 unspecified atom stereocenters. The van der Waals surface area contributed by atoms with Crippen molar-refractivity contribution < 1.29 is 13.9 Å². The van der Waals surface area contributed by atoms with Gasteiger partial charge in [-0.2, -0.15) is 0 Å². The van der Waals surface area contributed by atoms with Crippen LogP contribution in [0.25, 0.3) is 0 Å². The van der Waals surface area contributed by atoms with Gasteiger partial charge in [-0.25, -0.2) is 9.37 Å². The number of rotatable bonds is 5. The van der Waals surface area contributed by atoms with Gasteiger partial charge in [-0.3, -0.25) is 4.79 Å². The number of carbonyl (C=O) groups is 1. The second kappa shape index (κ2) is 6.69. The molecule has 1 heterocycles. The standard InChI is InChI=1S/C15H16FN3O2/c1-2-7-21-13-5-3-10(8-12(13)17)15(20)19-14-6-4-11(16)9-18-14/h3-6,8-9H,2,7,17H2,1H3,(H,18,19,20). The Labute approximate surface area is 121 Å². The number of nitrogens with two attached hydrogens (primary N) is 1. The number of nitrogen functional groups attached to an aromatic ring is 1. The Morgan fingerprint density at radius 1 is 1.38 bits per heavy atom. The molecule has 0 saturated carbocycles. The number of pyridine rings is 1. The van der Waals surface area contributed by atoms with Crippen molar-refractivity contribution in [3.8, 4) is 5.75 Å². The van der Waals surface area contributed by atoms with Crippen LogP contribution in [0.1, 0.15) is 23.7 Å². The Morgan fingerprint density at radius 3 is 2.81 bits per heavy atom. The summed E-state index contributed by atoms with van der Waals surface area (Å²) in [4.78, 5) is 15.8. The van der Waals surface area contributed by atoms with Crippen LogP contribution in [0, 0.1) is 5.82 Å². The van der Waals surface area contributed by atoms with Gasteiger partial charge in [0.2, 0.25) is 0 Å². The summed E-state index contributed by atoms with van der Waals surface area (Å²) >= 11 is 0. The van der Waals surface area contributed by atoms with E-state index in [2.05, 4.69) is 10.3 Å². The van der Waals surface area contributed by atoms with Crippen LogP contribution in [0.15, 0.2) is 36.5 Å². The zero-order valence-corrected chi connectivity index (χ0v) is 11.6. The number of nitrogens with one attached hydrogen (secondary N) is 1. The van der Waals surface area contributed by atoms with E-state index >= 15 is 0 Å². The normalized spacial score (nSPS) is 10.2. The zero-order chi connectivity index (χ0) is 15.2. The molecule has 0 radical (unpaired) electrons. The van der Waals surface area contributed by atoms with Crippen LogP contribution in [0.4, 0.5) is 15.9 Å². The van der Waals surface area contributed by atoms with Crippen LogP contribution in [0.3, 0.4) is 0 Å². The van der Waals surface area contributed by atoms with E-state index in [9.17, 15) is 9.18 Å². The summed E-state index contributed by atoms with van der Waals surface area (Å²) in [5.74, 6) is -0.0166. The first-order chi connectivity index (χ1) is 10.1. The number of benzene rings is 1. The number of carbonyl (C=O) groups excluding carboxylic acids is 1. The molecule has 0 atom stereocenters. The molecule has 2 aromatic rings. The molecule has 5 nitrogen and oxygen atoms in total. The average Bonchev–Trinajstić information content (AvgIpc) is 2.48. The van der Waals surface area contributed by atoms with Gasteiger partial charge in [0.15, 0.2) is 0 Å². The minimum Gasteiger partial charge on any atom is -0.491 e. The van der Waals surface area contributed by atoms with Crippen molar-refractivity contribution in [2.45, 2.75) is 13.3 Å². The molecule has 21 heavy (non-hydrogen) atoms. The lowest BCUT2D eigenvalue weighted by atomic mass is 10.1. The molecule has 0 fully saturated rings. The highest BCUT2D eigenvalue weighted by atomic mass is 19.1. The largest absolute Gasteiger partial charge is 0.491 e. The van der Waals surface area contributed by atoms with Crippen molar-refractivity contribution in [2.24, 2.45) is 0 Å². The van der Waals surface area contributed by atoms with E-state index in [1.165, 1.54) is 18.2 Å². The molecule has 0 aliphatic heterocycles. The van der Waals surface area contributed by atoms with E-state index < -0.39 is 5.82 Å². The van der Waals surface area contributed by atoms with E-state index in [-0.39, 0.29) is 11.7 Å². The van der Waals surface area contributed by atoms with E-state index in [1.807, 2.05) is 6.92 Å². The van der Waals surface area contributed by atoms with Crippen molar-refractivity contribution >= 4 is 17.4 Å². The van der Waals surface area contributed by atoms with Gasteiger partial charge in [0.05, 0.1) is 18.5 Å². The molecule has 1 amide bonds. The van der Waals surface area contributed by atoms with Crippen LogP contribution < -0.4 is 15.8 Å². The number of hydrogen-bond donors (Lipinski definition) is 2. The van der Waals surface area contributed by atoms with Gasteiger partial charge in [-0.15, -0.1) is 0 Å². The SMILES string of the molecule is CCCOc1ccc(C(=O)Nc2ccc(F)cn2)cc1N. The molecule has 0 saturated heterocycles. The molecule has 110 valence electrons. The first kappa shape index (κ1) is 14.8. The predicted octanol–water partition coefficient (Wildman–Crippen LogP) is 2.84. The lowest BCUT2D eigenvalue weighted by Crippen LogP contribution is -2.13. The lowest BCUT2D eigenvalue weighted by Gasteiger charge is -2.09. The summed E-state index contributed by atoms with van der Waals surface area (Å²) in [7, 11) is 0. The predicted molar refractivity (Wildman–Crippen MR) is 78.8 cm³/mol. The topological polar surface area (TPSA) is 77.2 Å². The van der Waals surface area contributed by atoms with Crippen LogP contribution in [0.2, 0.25) is 0 Å². The van der Waals surface area contributed by atoms with Gasteiger partial charge in [-0.1, -0.05) is 6.92 Å². The summed E-state index contributed by atoms with van der Waals surface area (Å²) in [6, 6.07) is 7.40. The Hall–Kier alpha value is -2.63. The van der Waals surface area contributed by atoms with Crippen LogP contribution >= 0.6 is 0 Å². The molecule has 0 spiro atoms. The van der Waals surface area contributed by atoms with Crippen LogP contribution in [0.5, 0.6) is 5.75 Å². The lowest BCUT2D eigenvalue weighted by molar-refractivity contribution is 0.102. The van der Waals surface area contributed by atoms with Crippen molar-refractivity contribution in [3.05, 3.63) is 47.9 Å². The number of hydrogen-bond acceptors (Lipinski definition) is 4. The smallest absolute Gasteiger partial charge is 0.256 e. The first-order valence-corrected chi connectivity index (χ1v) is 6.55. The fraction of sp³-hybridized carbons (Fsp3) is 0.200. The average molecular weight is 289 g/mol. The molecule has 0 bridgehead atoms. The highest BCUT2D eigenvalue weighted by Crippen LogP contribution is 2.23. The van der Waals surface area contributed by atoms with E-state index in [0.29, 0.717) is 23.6 Å². The quantitative estimate of drug-likeness (QED) is 0.830. The maximum atomic E-state index is 12.7. The molecule has 6 heteroatoms. The molecule has 0 aliphatic rings. The van der Waals surface area contributed by atoms with Gasteiger partial charge < -0.3 is 15.8 Å². The summed E-state index contributed by atoms with van der Waals surface area (Å²) in [6.07, 6.45) is 1.91. The first-order valence-electron chi connectivity index (χ1n) is 6.55.